The fourth-order valence-electron chi connectivity index (χ4n) is 6.56. The zero-order chi connectivity index (χ0) is 25.8. The summed E-state index contributed by atoms with van der Waals surface area (Å²) in [6, 6.07) is 5.41. The van der Waals surface area contributed by atoms with Crippen molar-refractivity contribution in [2.45, 2.75) is 87.9 Å². The Labute approximate surface area is 222 Å². The Morgan fingerprint density at radius 3 is 2.47 bits per heavy atom. The van der Waals surface area contributed by atoms with Gasteiger partial charge in [0.15, 0.2) is 0 Å². The molecule has 5 aliphatic rings. The largest absolute Gasteiger partial charge is 0.489 e. The summed E-state index contributed by atoms with van der Waals surface area (Å²) < 4.78 is 6.56. The molecule has 7 rings (SSSR count). The van der Waals surface area contributed by atoms with Gasteiger partial charge in [-0.1, -0.05) is 6.42 Å². The van der Waals surface area contributed by atoms with Gasteiger partial charge < -0.3 is 9.64 Å². The molecule has 3 amide bonds. The van der Waals surface area contributed by atoms with Crippen LogP contribution in [-0.2, 0) is 16.1 Å². The summed E-state index contributed by atoms with van der Waals surface area (Å²) >= 11 is 0. The molecule has 4 fully saturated rings. The summed E-state index contributed by atoms with van der Waals surface area (Å²) in [6.07, 6.45) is 11.8. The number of nitrogens with one attached hydrogen (secondary N) is 1. The Kier molecular flexibility index (Phi) is 5.91. The highest BCUT2D eigenvalue weighted by atomic mass is 16.5. The molecule has 0 radical (unpaired) electrons. The number of aromatic nitrogens is 2. The van der Waals surface area contributed by atoms with Gasteiger partial charge in [0, 0.05) is 56.0 Å². The number of hydrogen-bond acceptors (Lipinski definition) is 7. The van der Waals surface area contributed by atoms with Gasteiger partial charge in [0.2, 0.25) is 11.8 Å². The van der Waals surface area contributed by atoms with E-state index in [0.29, 0.717) is 36.4 Å². The molecule has 38 heavy (non-hydrogen) atoms. The molecule has 1 unspecified atom stereocenters. The third-order valence-electron chi connectivity index (χ3n) is 8.93. The van der Waals surface area contributed by atoms with Crippen molar-refractivity contribution in [3.05, 3.63) is 53.1 Å². The lowest BCUT2D eigenvalue weighted by Crippen LogP contribution is -2.57. The van der Waals surface area contributed by atoms with Gasteiger partial charge in [-0.2, -0.15) is 0 Å². The molecule has 9 heteroatoms. The summed E-state index contributed by atoms with van der Waals surface area (Å²) in [7, 11) is 0. The predicted molar refractivity (Wildman–Crippen MR) is 137 cm³/mol. The van der Waals surface area contributed by atoms with Crippen LogP contribution in [0, 0.1) is 0 Å². The van der Waals surface area contributed by atoms with Crippen molar-refractivity contribution in [2.75, 3.05) is 13.1 Å². The Hall–Kier alpha value is -3.33. The number of carbonyl (C=O) groups excluding carboxylic acids is 3. The SMILES string of the molecule is O=C1CCC(N2Cc3cc(O[C@H]4CCCC[C@H]4N4CC(c5ncc(C6CC6)cn5)C4)ccc3C2=O)C(=O)N1. The minimum absolute atomic E-state index is 0.101. The van der Waals surface area contributed by atoms with Gasteiger partial charge in [0.1, 0.15) is 23.7 Å². The standard InChI is InChI=1S/C29H33N5O4/c35-26-10-9-24(28(36)32-26)34-16-18-11-21(7-8-22(18)29(34)37)38-25-4-2-1-3-23(25)33-14-20(15-33)27-30-12-19(13-31-27)17-5-6-17/h7-8,11-13,17,20,23-25H,1-6,9-10,14-16H2,(H,32,35,36)/t23-,24?,25+/m1/s1. The second kappa shape index (κ2) is 9.45. The third-order valence-corrected chi connectivity index (χ3v) is 8.93. The zero-order valence-electron chi connectivity index (χ0n) is 21.5. The van der Waals surface area contributed by atoms with E-state index in [0.717, 1.165) is 49.5 Å². The number of ether oxygens (including phenoxy) is 1. The van der Waals surface area contributed by atoms with Crippen molar-refractivity contribution in [2.24, 2.45) is 0 Å². The summed E-state index contributed by atoms with van der Waals surface area (Å²) in [5.74, 6) is 1.98. The van der Waals surface area contributed by atoms with E-state index in [1.165, 1.54) is 24.8 Å². The highest BCUT2D eigenvalue weighted by molar-refractivity contribution is 6.05. The number of imide groups is 1. The molecule has 0 bridgehead atoms. The summed E-state index contributed by atoms with van der Waals surface area (Å²) in [5.41, 5.74) is 2.77. The molecule has 0 spiro atoms. The molecule has 2 aromatic rings. The lowest BCUT2D eigenvalue weighted by Gasteiger charge is -2.47. The molecule has 2 aliphatic carbocycles. The molecule has 2 saturated heterocycles. The molecule has 1 N–H and O–H groups in total. The average molecular weight is 516 g/mol. The number of hydrogen-bond donors (Lipinski definition) is 1. The molecule has 198 valence electrons. The van der Waals surface area contributed by atoms with Crippen LogP contribution in [-0.4, -0.2) is 68.8 Å². The van der Waals surface area contributed by atoms with Crippen LogP contribution in [0.3, 0.4) is 0 Å². The third kappa shape index (κ3) is 4.36. The van der Waals surface area contributed by atoms with Crippen LogP contribution in [0.15, 0.2) is 30.6 Å². The Morgan fingerprint density at radius 1 is 0.921 bits per heavy atom. The Morgan fingerprint density at radius 2 is 1.71 bits per heavy atom. The van der Waals surface area contributed by atoms with Gasteiger partial charge in [-0.05, 0) is 73.8 Å². The van der Waals surface area contributed by atoms with E-state index < -0.39 is 6.04 Å². The average Bonchev–Trinajstić information content (AvgIpc) is 3.69. The second-order valence-electron chi connectivity index (χ2n) is 11.5. The number of fused-ring (bicyclic) bond motifs is 1. The molecule has 2 saturated carbocycles. The van der Waals surface area contributed by atoms with E-state index in [1.807, 2.05) is 30.6 Å². The first-order chi connectivity index (χ1) is 18.5. The van der Waals surface area contributed by atoms with Gasteiger partial charge in [-0.3, -0.25) is 24.6 Å². The maximum absolute atomic E-state index is 13.0. The molecule has 3 aliphatic heterocycles. The number of piperidine rings is 1. The minimum atomic E-state index is -0.604. The van der Waals surface area contributed by atoms with Crippen molar-refractivity contribution < 1.29 is 19.1 Å². The van der Waals surface area contributed by atoms with Crippen molar-refractivity contribution >= 4 is 17.7 Å². The summed E-state index contributed by atoms with van der Waals surface area (Å²) in [6.45, 7) is 2.29. The second-order valence-corrected chi connectivity index (χ2v) is 11.5. The first kappa shape index (κ1) is 23.8. The number of rotatable bonds is 6. The predicted octanol–water partition coefficient (Wildman–Crippen LogP) is 2.90. The first-order valence-electron chi connectivity index (χ1n) is 14.0. The highest BCUT2D eigenvalue weighted by Crippen LogP contribution is 2.40. The van der Waals surface area contributed by atoms with Crippen LogP contribution >= 0.6 is 0 Å². The maximum Gasteiger partial charge on any atom is 0.255 e. The molecule has 3 atom stereocenters. The van der Waals surface area contributed by atoms with Crippen molar-refractivity contribution in [3.8, 4) is 5.75 Å². The quantitative estimate of drug-likeness (QED) is 0.590. The molecule has 1 aromatic heterocycles. The number of amides is 3. The van der Waals surface area contributed by atoms with Crippen molar-refractivity contribution in [3.63, 3.8) is 0 Å². The van der Waals surface area contributed by atoms with Crippen molar-refractivity contribution in [1.29, 1.82) is 0 Å². The molecule has 4 heterocycles. The lowest BCUT2D eigenvalue weighted by atomic mass is 9.86. The van der Waals surface area contributed by atoms with Gasteiger partial charge in [0.05, 0.1) is 0 Å². The van der Waals surface area contributed by atoms with Crippen LogP contribution < -0.4 is 10.1 Å². The summed E-state index contributed by atoms with van der Waals surface area (Å²) in [4.78, 5) is 50.3. The fourth-order valence-corrected chi connectivity index (χ4v) is 6.56. The van der Waals surface area contributed by atoms with Gasteiger partial charge >= 0.3 is 0 Å². The maximum atomic E-state index is 13.0. The van der Waals surface area contributed by atoms with E-state index in [-0.39, 0.29) is 30.2 Å². The number of benzene rings is 1. The topological polar surface area (TPSA) is 105 Å². The zero-order valence-corrected chi connectivity index (χ0v) is 21.5. The van der Waals surface area contributed by atoms with Gasteiger partial charge in [0.25, 0.3) is 5.91 Å². The lowest BCUT2D eigenvalue weighted by molar-refractivity contribution is -0.136. The molecular weight excluding hydrogens is 482 g/mol. The van der Waals surface area contributed by atoms with E-state index in [1.54, 1.807) is 4.90 Å². The van der Waals surface area contributed by atoms with Crippen LogP contribution in [0.1, 0.15) is 90.5 Å². The highest BCUT2D eigenvalue weighted by Gasteiger charge is 2.42. The van der Waals surface area contributed by atoms with Crippen LogP contribution in [0.5, 0.6) is 5.75 Å². The first-order valence-corrected chi connectivity index (χ1v) is 14.0. The van der Waals surface area contributed by atoms with Crippen LogP contribution in [0.2, 0.25) is 0 Å². The van der Waals surface area contributed by atoms with Crippen LogP contribution in [0.4, 0.5) is 0 Å². The number of carbonyl (C=O) groups is 3. The summed E-state index contributed by atoms with van der Waals surface area (Å²) in [5, 5.41) is 2.36. The monoisotopic (exact) mass is 515 g/mol. The molecule has 9 nitrogen and oxygen atoms in total. The van der Waals surface area contributed by atoms with Crippen LogP contribution in [0.25, 0.3) is 0 Å². The fraction of sp³-hybridized carbons (Fsp3) is 0.552. The van der Waals surface area contributed by atoms with Gasteiger partial charge in [-0.25, -0.2) is 9.97 Å². The van der Waals surface area contributed by atoms with E-state index >= 15 is 0 Å². The molecule has 1 aromatic carbocycles. The van der Waals surface area contributed by atoms with E-state index in [2.05, 4.69) is 20.2 Å². The minimum Gasteiger partial charge on any atom is -0.489 e. The van der Waals surface area contributed by atoms with Crippen molar-refractivity contribution in [1.82, 2.24) is 25.1 Å². The number of nitrogens with zero attached hydrogens (tertiary/aromatic N) is 4. The van der Waals surface area contributed by atoms with E-state index in [4.69, 9.17) is 4.74 Å². The normalized spacial score (nSPS) is 28.2. The molecular formula is C29H33N5O4. The number of likely N-dealkylation sites (tertiary alicyclic amines) is 1. The van der Waals surface area contributed by atoms with E-state index in [9.17, 15) is 14.4 Å². The Bertz CT molecular complexity index is 1270. The smallest absolute Gasteiger partial charge is 0.255 e. The Balaban J connectivity index is 0.997. The van der Waals surface area contributed by atoms with Gasteiger partial charge in [-0.15, -0.1) is 0 Å².